The first kappa shape index (κ1) is 19.1. The van der Waals surface area contributed by atoms with Crippen LogP contribution in [0.25, 0.3) is 0 Å². The molecular formula is C19H24N4O4S. The molecule has 2 aromatic rings. The highest BCUT2D eigenvalue weighted by atomic mass is 32.2. The van der Waals surface area contributed by atoms with Crippen molar-refractivity contribution in [2.75, 3.05) is 19.7 Å². The van der Waals surface area contributed by atoms with Crippen LogP contribution in [0.5, 0.6) is 0 Å². The second-order valence-corrected chi connectivity index (χ2v) is 9.21. The minimum absolute atomic E-state index is 0.138. The van der Waals surface area contributed by atoms with E-state index in [1.54, 1.807) is 41.2 Å². The summed E-state index contributed by atoms with van der Waals surface area (Å²) in [6, 6.07) is 8.26. The van der Waals surface area contributed by atoms with Gasteiger partial charge in [-0.2, -0.15) is 9.40 Å². The van der Waals surface area contributed by atoms with Crippen molar-refractivity contribution >= 4 is 15.9 Å². The number of hydroxylamine groups is 2. The van der Waals surface area contributed by atoms with Gasteiger partial charge in [-0.05, 0) is 38.0 Å². The fraction of sp³-hybridized carbons (Fsp3) is 0.474. The first-order valence-corrected chi connectivity index (χ1v) is 10.9. The molecule has 1 aromatic heterocycles. The molecule has 1 atom stereocenters. The molecule has 3 heterocycles. The topological polar surface area (TPSA) is 84.7 Å². The third-order valence-electron chi connectivity index (χ3n) is 5.20. The Labute approximate surface area is 164 Å². The van der Waals surface area contributed by atoms with Crippen LogP contribution in [-0.2, 0) is 26.2 Å². The number of hydrogen-bond acceptors (Lipinski definition) is 5. The van der Waals surface area contributed by atoms with Gasteiger partial charge >= 0.3 is 0 Å². The molecule has 28 heavy (non-hydrogen) atoms. The van der Waals surface area contributed by atoms with E-state index in [1.807, 2.05) is 6.92 Å². The number of carbonyl (C=O) groups is 1. The molecule has 0 saturated carbocycles. The normalized spacial score (nSPS) is 20.8. The van der Waals surface area contributed by atoms with Gasteiger partial charge in [0.05, 0.1) is 36.2 Å². The minimum Gasteiger partial charge on any atom is -0.273 e. The molecule has 1 aromatic carbocycles. The summed E-state index contributed by atoms with van der Waals surface area (Å²) in [7, 11) is -3.66. The molecule has 1 saturated heterocycles. The standard InChI is InChI=1S/C19H24N4O4S/c1-15-4-6-18(7-5-15)28(25,26)21-13-16-8-9-20-23(16)17(14-21)12-19(24)22-10-2-3-11-27-22/h4-9,17H,2-3,10-14H2,1H3/t17-/m1/s1. The lowest BCUT2D eigenvalue weighted by atomic mass is 10.1. The first-order valence-electron chi connectivity index (χ1n) is 9.47. The lowest BCUT2D eigenvalue weighted by molar-refractivity contribution is -0.198. The lowest BCUT2D eigenvalue weighted by Gasteiger charge is -2.34. The predicted octanol–water partition coefficient (Wildman–Crippen LogP) is 1.88. The summed E-state index contributed by atoms with van der Waals surface area (Å²) in [5.41, 5.74) is 1.78. The summed E-state index contributed by atoms with van der Waals surface area (Å²) < 4.78 is 29.5. The maximum Gasteiger partial charge on any atom is 0.248 e. The molecule has 0 bridgehead atoms. The smallest absolute Gasteiger partial charge is 0.248 e. The summed E-state index contributed by atoms with van der Waals surface area (Å²) in [6.45, 7) is 3.46. The molecule has 150 valence electrons. The average molecular weight is 404 g/mol. The molecule has 1 fully saturated rings. The average Bonchev–Trinajstić information content (AvgIpc) is 3.18. The number of nitrogens with zero attached hydrogens (tertiary/aromatic N) is 4. The fourth-order valence-corrected chi connectivity index (χ4v) is 5.09. The van der Waals surface area contributed by atoms with Gasteiger partial charge in [-0.15, -0.1) is 0 Å². The van der Waals surface area contributed by atoms with Gasteiger partial charge in [0.15, 0.2) is 0 Å². The molecule has 0 radical (unpaired) electrons. The number of hydrogen-bond donors (Lipinski definition) is 0. The highest BCUT2D eigenvalue weighted by Crippen LogP contribution is 2.29. The number of amides is 1. The molecule has 4 rings (SSSR count). The maximum absolute atomic E-state index is 13.1. The summed E-state index contributed by atoms with van der Waals surface area (Å²) in [6.07, 6.45) is 3.65. The number of aryl methyl sites for hydroxylation is 1. The molecule has 2 aliphatic rings. The first-order chi connectivity index (χ1) is 13.4. The van der Waals surface area contributed by atoms with Crippen LogP contribution in [0.1, 0.15) is 36.6 Å². The Balaban J connectivity index is 1.57. The Bertz CT molecular complexity index is 949. The summed E-state index contributed by atoms with van der Waals surface area (Å²) in [5, 5.41) is 5.72. The van der Waals surface area contributed by atoms with Gasteiger partial charge in [0.1, 0.15) is 0 Å². The maximum atomic E-state index is 13.1. The van der Waals surface area contributed by atoms with E-state index in [2.05, 4.69) is 5.10 Å². The number of fused-ring (bicyclic) bond motifs is 1. The van der Waals surface area contributed by atoms with Gasteiger partial charge in [0.25, 0.3) is 0 Å². The third kappa shape index (κ3) is 3.69. The Hall–Kier alpha value is -2.23. The molecule has 0 unspecified atom stereocenters. The fourth-order valence-electron chi connectivity index (χ4n) is 3.64. The minimum atomic E-state index is -3.66. The van der Waals surface area contributed by atoms with Crippen molar-refractivity contribution in [2.45, 2.75) is 43.7 Å². The zero-order valence-corrected chi connectivity index (χ0v) is 16.6. The number of sulfonamides is 1. The van der Waals surface area contributed by atoms with E-state index in [0.717, 1.165) is 24.1 Å². The van der Waals surface area contributed by atoms with Crippen LogP contribution in [0.15, 0.2) is 41.4 Å². The van der Waals surface area contributed by atoms with Crippen LogP contribution in [0.4, 0.5) is 0 Å². The van der Waals surface area contributed by atoms with Crippen molar-refractivity contribution in [3.63, 3.8) is 0 Å². The lowest BCUT2D eigenvalue weighted by Crippen LogP contribution is -2.44. The monoisotopic (exact) mass is 404 g/mol. The van der Waals surface area contributed by atoms with Gasteiger partial charge < -0.3 is 0 Å². The second kappa shape index (κ2) is 7.65. The Morgan fingerprint density at radius 3 is 2.71 bits per heavy atom. The van der Waals surface area contributed by atoms with Crippen LogP contribution in [0, 0.1) is 6.92 Å². The van der Waals surface area contributed by atoms with E-state index >= 15 is 0 Å². The third-order valence-corrected chi connectivity index (χ3v) is 7.03. The van der Waals surface area contributed by atoms with Crippen LogP contribution in [0.3, 0.4) is 0 Å². The molecule has 8 nitrogen and oxygen atoms in total. The van der Waals surface area contributed by atoms with Gasteiger partial charge in [-0.3, -0.25) is 14.3 Å². The van der Waals surface area contributed by atoms with E-state index in [9.17, 15) is 13.2 Å². The van der Waals surface area contributed by atoms with E-state index in [-0.39, 0.29) is 36.4 Å². The Morgan fingerprint density at radius 2 is 2.00 bits per heavy atom. The largest absolute Gasteiger partial charge is 0.273 e. The van der Waals surface area contributed by atoms with Crippen LogP contribution in [-0.4, -0.2) is 53.2 Å². The molecule has 0 aliphatic carbocycles. The van der Waals surface area contributed by atoms with Crippen LogP contribution < -0.4 is 0 Å². The number of aromatic nitrogens is 2. The molecular weight excluding hydrogens is 380 g/mol. The highest BCUT2D eigenvalue weighted by molar-refractivity contribution is 7.89. The Kier molecular flexibility index (Phi) is 5.22. The van der Waals surface area contributed by atoms with Crippen molar-refractivity contribution in [2.24, 2.45) is 0 Å². The van der Waals surface area contributed by atoms with E-state index in [0.29, 0.717) is 13.2 Å². The van der Waals surface area contributed by atoms with Crippen molar-refractivity contribution in [1.29, 1.82) is 0 Å². The van der Waals surface area contributed by atoms with Crippen molar-refractivity contribution in [1.82, 2.24) is 19.1 Å². The van der Waals surface area contributed by atoms with Crippen LogP contribution in [0.2, 0.25) is 0 Å². The highest BCUT2D eigenvalue weighted by Gasteiger charge is 2.35. The molecule has 0 N–H and O–H groups in total. The molecule has 2 aliphatic heterocycles. The van der Waals surface area contributed by atoms with E-state index in [4.69, 9.17) is 4.84 Å². The summed E-state index contributed by atoms with van der Waals surface area (Å²) in [5.74, 6) is -0.138. The number of carbonyl (C=O) groups excluding carboxylic acids is 1. The van der Waals surface area contributed by atoms with Crippen molar-refractivity contribution in [3.8, 4) is 0 Å². The Morgan fingerprint density at radius 1 is 1.21 bits per heavy atom. The zero-order valence-electron chi connectivity index (χ0n) is 15.8. The van der Waals surface area contributed by atoms with Crippen molar-refractivity contribution in [3.05, 3.63) is 47.8 Å². The molecule has 9 heteroatoms. The summed E-state index contributed by atoms with van der Waals surface area (Å²) >= 11 is 0. The molecule has 0 spiro atoms. The van der Waals surface area contributed by atoms with Gasteiger partial charge in [-0.1, -0.05) is 17.7 Å². The van der Waals surface area contributed by atoms with Crippen molar-refractivity contribution < 1.29 is 18.0 Å². The SMILES string of the molecule is Cc1ccc(S(=O)(=O)N2Cc3ccnn3[C@H](CC(=O)N3CCCCO3)C2)cc1. The number of benzene rings is 1. The van der Waals surface area contributed by atoms with E-state index in [1.165, 1.54) is 9.37 Å². The van der Waals surface area contributed by atoms with Gasteiger partial charge in [0.2, 0.25) is 15.9 Å². The summed E-state index contributed by atoms with van der Waals surface area (Å²) in [4.78, 5) is 18.4. The quantitative estimate of drug-likeness (QED) is 0.777. The van der Waals surface area contributed by atoms with Crippen LogP contribution >= 0.6 is 0 Å². The molecule has 1 amide bonds. The zero-order chi connectivity index (χ0) is 19.7. The second-order valence-electron chi connectivity index (χ2n) is 7.27. The van der Waals surface area contributed by atoms with Gasteiger partial charge in [0, 0.05) is 19.3 Å². The number of rotatable bonds is 4. The predicted molar refractivity (Wildman–Crippen MR) is 102 cm³/mol. The van der Waals surface area contributed by atoms with E-state index < -0.39 is 10.0 Å². The van der Waals surface area contributed by atoms with Gasteiger partial charge in [-0.25, -0.2) is 13.5 Å².